The van der Waals surface area contributed by atoms with Gasteiger partial charge in [-0.05, 0) is 50.5 Å². The molecular formula is C16H24N2O3. The van der Waals surface area contributed by atoms with E-state index in [2.05, 4.69) is 10.6 Å². The van der Waals surface area contributed by atoms with Crippen molar-refractivity contribution in [3.8, 4) is 5.75 Å². The van der Waals surface area contributed by atoms with Crippen molar-refractivity contribution in [3.63, 3.8) is 0 Å². The van der Waals surface area contributed by atoms with E-state index in [0.717, 1.165) is 17.5 Å². The molecule has 5 heteroatoms. The number of carbonyl (C=O) groups is 2. The SMILES string of the molecule is CCCNC(=O)[C@@H](C)NC(=O)COc1cc(C)cc(C)c1. The quantitative estimate of drug-likeness (QED) is 0.804. The second kappa shape index (κ2) is 8.29. The van der Waals surface area contributed by atoms with Crippen molar-refractivity contribution in [3.05, 3.63) is 29.3 Å². The van der Waals surface area contributed by atoms with Gasteiger partial charge in [-0.1, -0.05) is 13.0 Å². The van der Waals surface area contributed by atoms with Crippen LogP contribution in [0, 0.1) is 13.8 Å². The van der Waals surface area contributed by atoms with Gasteiger partial charge in [0.1, 0.15) is 11.8 Å². The first-order chi connectivity index (χ1) is 9.92. The van der Waals surface area contributed by atoms with Crippen LogP contribution in [0.1, 0.15) is 31.4 Å². The minimum absolute atomic E-state index is 0.103. The van der Waals surface area contributed by atoms with Crippen molar-refractivity contribution in [2.75, 3.05) is 13.2 Å². The molecule has 2 N–H and O–H groups in total. The van der Waals surface area contributed by atoms with Gasteiger partial charge in [-0.25, -0.2) is 0 Å². The summed E-state index contributed by atoms with van der Waals surface area (Å²) in [6.07, 6.45) is 0.863. The monoisotopic (exact) mass is 292 g/mol. The minimum Gasteiger partial charge on any atom is -0.484 e. The zero-order chi connectivity index (χ0) is 15.8. The number of amides is 2. The predicted octanol–water partition coefficient (Wildman–Crippen LogP) is 1.71. The molecule has 2 amide bonds. The van der Waals surface area contributed by atoms with Crippen LogP contribution in [0.2, 0.25) is 0 Å². The summed E-state index contributed by atoms with van der Waals surface area (Å²) in [5, 5.41) is 5.34. The lowest BCUT2D eigenvalue weighted by Crippen LogP contribution is -2.46. The highest BCUT2D eigenvalue weighted by Gasteiger charge is 2.15. The average molecular weight is 292 g/mol. The maximum Gasteiger partial charge on any atom is 0.258 e. The fraction of sp³-hybridized carbons (Fsp3) is 0.500. The number of carbonyl (C=O) groups excluding carboxylic acids is 2. The average Bonchev–Trinajstić information content (AvgIpc) is 2.41. The molecule has 0 radical (unpaired) electrons. The third-order valence-corrected chi connectivity index (χ3v) is 2.89. The molecule has 0 saturated heterocycles. The van der Waals surface area contributed by atoms with Crippen molar-refractivity contribution >= 4 is 11.8 Å². The van der Waals surface area contributed by atoms with E-state index in [0.29, 0.717) is 12.3 Å². The Labute approximate surface area is 126 Å². The molecule has 1 aromatic carbocycles. The molecule has 0 aromatic heterocycles. The number of ether oxygens (including phenoxy) is 1. The van der Waals surface area contributed by atoms with Crippen LogP contribution in [0.15, 0.2) is 18.2 Å². The lowest BCUT2D eigenvalue weighted by molar-refractivity contribution is -0.129. The summed E-state index contributed by atoms with van der Waals surface area (Å²) in [7, 11) is 0. The van der Waals surface area contributed by atoms with E-state index in [9.17, 15) is 9.59 Å². The topological polar surface area (TPSA) is 67.4 Å². The summed E-state index contributed by atoms with van der Waals surface area (Å²) in [5.41, 5.74) is 2.16. The van der Waals surface area contributed by atoms with Gasteiger partial charge in [0.2, 0.25) is 5.91 Å². The number of hydrogen-bond donors (Lipinski definition) is 2. The zero-order valence-corrected chi connectivity index (χ0v) is 13.2. The Balaban J connectivity index is 2.41. The predicted molar refractivity (Wildman–Crippen MR) is 82.3 cm³/mol. The standard InChI is InChI=1S/C16H24N2O3/c1-5-6-17-16(20)13(4)18-15(19)10-21-14-8-11(2)7-12(3)9-14/h7-9,13H,5-6,10H2,1-4H3,(H,17,20)(H,18,19)/t13-/m1/s1. The summed E-state index contributed by atoms with van der Waals surface area (Å²) in [4.78, 5) is 23.4. The number of nitrogens with one attached hydrogen (secondary N) is 2. The Bertz CT molecular complexity index is 480. The second-order valence-corrected chi connectivity index (χ2v) is 5.19. The Morgan fingerprint density at radius 1 is 1.19 bits per heavy atom. The third kappa shape index (κ3) is 6.29. The van der Waals surface area contributed by atoms with Gasteiger partial charge >= 0.3 is 0 Å². The molecule has 0 saturated carbocycles. The molecule has 0 spiro atoms. The third-order valence-electron chi connectivity index (χ3n) is 2.89. The summed E-state index contributed by atoms with van der Waals surface area (Å²) in [6, 6.07) is 5.22. The largest absolute Gasteiger partial charge is 0.484 e. The molecule has 0 aliphatic rings. The van der Waals surface area contributed by atoms with Crippen LogP contribution in [0.25, 0.3) is 0 Å². The van der Waals surface area contributed by atoms with Crippen molar-refractivity contribution in [1.82, 2.24) is 10.6 Å². The normalized spacial score (nSPS) is 11.6. The highest BCUT2D eigenvalue weighted by molar-refractivity contribution is 5.87. The molecule has 0 aliphatic carbocycles. The first-order valence-corrected chi connectivity index (χ1v) is 7.20. The molecule has 1 rings (SSSR count). The van der Waals surface area contributed by atoms with Gasteiger partial charge in [-0.2, -0.15) is 0 Å². The van der Waals surface area contributed by atoms with Gasteiger partial charge in [-0.3, -0.25) is 9.59 Å². The van der Waals surface area contributed by atoms with Crippen LogP contribution < -0.4 is 15.4 Å². The molecule has 1 aromatic rings. The highest BCUT2D eigenvalue weighted by atomic mass is 16.5. The van der Waals surface area contributed by atoms with E-state index < -0.39 is 6.04 Å². The van der Waals surface area contributed by atoms with Crippen LogP contribution in [0.3, 0.4) is 0 Å². The van der Waals surface area contributed by atoms with Crippen molar-refractivity contribution < 1.29 is 14.3 Å². The Kier molecular flexibility index (Phi) is 6.72. The first-order valence-electron chi connectivity index (χ1n) is 7.20. The molecular weight excluding hydrogens is 268 g/mol. The van der Waals surface area contributed by atoms with E-state index in [-0.39, 0.29) is 18.4 Å². The van der Waals surface area contributed by atoms with E-state index in [1.165, 1.54) is 0 Å². The fourth-order valence-corrected chi connectivity index (χ4v) is 1.92. The maximum atomic E-state index is 11.8. The van der Waals surface area contributed by atoms with E-state index >= 15 is 0 Å². The van der Waals surface area contributed by atoms with Crippen LogP contribution in [-0.4, -0.2) is 31.0 Å². The summed E-state index contributed by atoms with van der Waals surface area (Å²) in [6.45, 7) is 8.08. The maximum absolute atomic E-state index is 11.8. The van der Waals surface area contributed by atoms with Crippen LogP contribution in [0.5, 0.6) is 5.75 Å². The second-order valence-electron chi connectivity index (χ2n) is 5.19. The lowest BCUT2D eigenvalue weighted by Gasteiger charge is -2.14. The first kappa shape index (κ1) is 17.0. The van der Waals surface area contributed by atoms with Gasteiger partial charge in [0.15, 0.2) is 6.61 Å². The summed E-state index contributed by atoms with van der Waals surface area (Å²) >= 11 is 0. The molecule has 0 fully saturated rings. The van der Waals surface area contributed by atoms with E-state index in [1.54, 1.807) is 6.92 Å². The fourth-order valence-electron chi connectivity index (χ4n) is 1.92. The van der Waals surface area contributed by atoms with Gasteiger partial charge in [0.05, 0.1) is 0 Å². The van der Waals surface area contributed by atoms with Gasteiger partial charge in [0.25, 0.3) is 5.91 Å². The Morgan fingerprint density at radius 2 is 1.81 bits per heavy atom. The number of rotatable bonds is 7. The van der Waals surface area contributed by atoms with Crippen molar-refractivity contribution in [1.29, 1.82) is 0 Å². The van der Waals surface area contributed by atoms with Gasteiger partial charge < -0.3 is 15.4 Å². The molecule has 5 nitrogen and oxygen atoms in total. The van der Waals surface area contributed by atoms with Gasteiger partial charge in [-0.15, -0.1) is 0 Å². The highest BCUT2D eigenvalue weighted by Crippen LogP contribution is 2.15. The zero-order valence-electron chi connectivity index (χ0n) is 13.2. The van der Waals surface area contributed by atoms with E-state index in [4.69, 9.17) is 4.74 Å². The molecule has 0 unspecified atom stereocenters. The molecule has 1 atom stereocenters. The molecule has 0 aliphatic heterocycles. The van der Waals surface area contributed by atoms with Gasteiger partial charge in [0, 0.05) is 6.54 Å². The lowest BCUT2D eigenvalue weighted by atomic mass is 10.1. The molecule has 0 heterocycles. The Hall–Kier alpha value is -2.04. The van der Waals surface area contributed by atoms with Crippen LogP contribution in [-0.2, 0) is 9.59 Å². The van der Waals surface area contributed by atoms with Crippen molar-refractivity contribution in [2.45, 2.75) is 40.2 Å². The number of hydrogen-bond acceptors (Lipinski definition) is 3. The number of benzene rings is 1. The molecule has 21 heavy (non-hydrogen) atoms. The van der Waals surface area contributed by atoms with Crippen LogP contribution >= 0.6 is 0 Å². The molecule has 0 bridgehead atoms. The van der Waals surface area contributed by atoms with Crippen molar-refractivity contribution in [2.24, 2.45) is 0 Å². The minimum atomic E-state index is -0.563. The summed E-state index contributed by atoms with van der Waals surface area (Å²) < 4.78 is 5.45. The molecule has 116 valence electrons. The van der Waals surface area contributed by atoms with Crippen LogP contribution in [0.4, 0.5) is 0 Å². The summed E-state index contributed by atoms with van der Waals surface area (Å²) in [5.74, 6) is 0.163. The number of aryl methyl sites for hydroxylation is 2. The van der Waals surface area contributed by atoms with E-state index in [1.807, 2.05) is 39.0 Å². The smallest absolute Gasteiger partial charge is 0.258 e. The Morgan fingerprint density at radius 3 is 2.38 bits per heavy atom.